The van der Waals surface area contributed by atoms with Crippen LogP contribution in [-0.2, 0) is 7.05 Å². The van der Waals surface area contributed by atoms with Gasteiger partial charge in [0.05, 0.1) is 37.8 Å². The lowest BCUT2D eigenvalue weighted by atomic mass is 9.88. The van der Waals surface area contributed by atoms with E-state index in [9.17, 15) is 9.90 Å². The molecule has 1 unspecified atom stereocenters. The summed E-state index contributed by atoms with van der Waals surface area (Å²) in [6.07, 6.45) is 13.3. The molecule has 38 heavy (non-hydrogen) atoms. The van der Waals surface area contributed by atoms with Crippen LogP contribution in [0.15, 0.2) is 48.0 Å². The second-order valence-electron chi connectivity index (χ2n) is 9.85. The lowest BCUT2D eigenvalue weighted by molar-refractivity contribution is 0.0299. The Morgan fingerprint density at radius 2 is 2.00 bits per heavy atom. The van der Waals surface area contributed by atoms with Gasteiger partial charge in [-0.3, -0.25) is 9.78 Å². The maximum Gasteiger partial charge on any atom is 0.274 e. The maximum atomic E-state index is 13.4. The van der Waals surface area contributed by atoms with E-state index < -0.39 is 6.10 Å². The van der Waals surface area contributed by atoms with Gasteiger partial charge in [0.25, 0.3) is 5.56 Å². The van der Waals surface area contributed by atoms with Crippen LogP contribution < -0.4 is 20.3 Å². The van der Waals surface area contributed by atoms with Gasteiger partial charge in [0.15, 0.2) is 22.9 Å². The number of aliphatic hydroxyl groups excluding tert-OH is 1. The fourth-order valence-corrected chi connectivity index (χ4v) is 5.02. The van der Waals surface area contributed by atoms with Crippen molar-refractivity contribution < 1.29 is 14.6 Å². The molecule has 5 aromatic heterocycles. The van der Waals surface area contributed by atoms with Crippen molar-refractivity contribution in [3.63, 3.8) is 0 Å². The maximum absolute atomic E-state index is 13.4. The highest BCUT2D eigenvalue weighted by Gasteiger charge is 2.33. The number of ether oxygens (including phenoxy) is 2. The summed E-state index contributed by atoms with van der Waals surface area (Å²) < 4.78 is 17.0. The molecule has 0 radical (unpaired) electrons. The highest BCUT2D eigenvalue weighted by atomic mass is 16.5. The summed E-state index contributed by atoms with van der Waals surface area (Å²) in [4.78, 5) is 26.7. The first-order chi connectivity index (χ1) is 18.5. The number of methoxy groups -OCH3 is 1. The van der Waals surface area contributed by atoms with Crippen molar-refractivity contribution in [3.8, 4) is 17.2 Å². The third-order valence-electron chi connectivity index (χ3n) is 7.45. The monoisotopic (exact) mass is 514 g/mol. The minimum absolute atomic E-state index is 0.184. The number of imidazole rings is 1. The smallest absolute Gasteiger partial charge is 0.274 e. The SMILES string of the molecule is COc1c(Oc2cnn3ccncc23)cnc2nc(Nc3cc(C4CC4)cn(C4CC[C@@H]4O)c3=O)n(C)c12. The summed E-state index contributed by atoms with van der Waals surface area (Å²) in [7, 11) is 3.38. The molecule has 0 aliphatic heterocycles. The highest BCUT2D eigenvalue weighted by molar-refractivity contribution is 5.85. The largest absolute Gasteiger partial charge is 0.491 e. The molecule has 2 N–H and O–H groups in total. The zero-order chi connectivity index (χ0) is 26.0. The molecule has 0 aromatic carbocycles. The first-order valence-corrected chi connectivity index (χ1v) is 12.6. The van der Waals surface area contributed by atoms with Crippen molar-refractivity contribution in [2.24, 2.45) is 7.05 Å². The van der Waals surface area contributed by atoms with Gasteiger partial charge in [-0.1, -0.05) is 0 Å². The van der Waals surface area contributed by atoms with Crippen LogP contribution in [0.25, 0.3) is 16.7 Å². The summed E-state index contributed by atoms with van der Waals surface area (Å²) in [6, 6.07) is 1.71. The van der Waals surface area contributed by atoms with E-state index in [2.05, 4.69) is 25.4 Å². The Hall–Kier alpha value is -4.45. The van der Waals surface area contributed by atoms with E-state index in [4.69, 9.17) is 9.47 Å². The van der Waals surface area contributed by atoms with E-state index in [1.54, 1.807) is 51.7 Å². The quantitative estimate of drug-likeness (QED) is 0.336. The van der Waals surface area contributed by atoms with Gasteiger partial charge in [0.1, 0.15) is 16.7 Å². The summed E-state index contributed by atoms with van der Waals surface area (Å²) in [5, 5.41) is 17.8. The predicted molar refractivity (Wildman–Crippen MR) is 138 cm³/mol. The molecule has 2 saturated carbocycles. The van der Waals surface area contributed by atoms with Crippen molar-refractivity contribution in [2.45, 2.75) is 43.7 Å². The number of aryl methyl sites for hydroxylation is 1. The van der Waals surface area contributed by atoms with E-state index in [0.29, 0.717) is 57.9 Å². The Bertz CT molecular complexity index is 1750. The van der Waals surface area contributed by atoms with Crippen LogP contribution in [0.4, 0.5) is 11.6 Å². The molecule has 5 heterocycles. The zero-order valence-electron chi connectivity index (χ0n) is 20.9. The van der Waals surface area contributed by atoms with Gasteiger partial charge in [-0.05, 0) is 43.2 Å². The Morgan fingerprint density at radius 1 is 1.13 bits per heavy atom. The molecule has 194 valence electrons. The Kier molecular flexibility index (Phi) is 5.11. The van der Waals surface area contributed by atoms with E-state index in [1.807, 2.05) is 19.3 Å². The molecule has 12 nitrogen and oxygen atoms in total. The highest BCUT2D eigenvalue weighted by Crippen LogP contribution is 2.42. The third kappa shape index (κ3) is 3.59. The minimum atomic E-state index is -0.499. The van der Waals surface area contributed by atoms with Gasteiger partial charge in [-0.2, -0.15) is 10.1 Å². The molecule has 2 fully saturated rings. The van der Waals surface area contributed by atoms with E-state index in [-0.39, 0.29) is 11.6 Å². The van der Waals surface area contributed by atoms with Crippen LogP contribution in [-0.4, -0.2) is 52.0 Å². The lowest BCUT2D eigenvalue weighted by Crippen LogP contribution is -2.39. The standard InChI is InChI=1S/C26H26N8O4/c1-32-22-23(37-2)21(38-20-12-29-34-8-7-27-10-18(20)34)11-28-24(22)31-26(32)30-16-9-15(14-3-4-14)13-33(25(16)36)17-5-6-19(17)35/h7-14,17,19,35H,3-6H2,1-2H3,(H,28,30,31)/t17?,19-/m0/s1. The van der Waals surface area contributed by atoms with E-state index in [1.165, 1.54) is 0 Å². The number of aromatic nitrogens is 7. The molecular weight excluding hydrogens is 488 g/mol. The number of rotatable bonds is 7. The fourth-order valence-electron chi connectivity index (χ4n) is 5.02. The summed E-state index contributed by atoms with van der Waals surface area (Å²) >= 11 is 0. The van der Waals surface area contributed by atoms with E-state index >= 15 is 0 Å². The first kappa shape index (κ1) is 22.7. The molecule has 5 aromatic rings. The van der Waals surface area contributed by atoms with Crippen LogP contribution in [0, 0.1) is 0 Å². The number of aliphatic hydroxyl groups is 1. The van der Waals surface area contributed by atoms with Crippen molar-refractivity contribution in [1.82, 2.24) is 33.7 Å². The predicted octanol–water partition coefficient (Wildman–Crippen LogP) is 3.29. The van der Waals surface area contributed by atoms with Crippen LogP contribution in [0.2, 0.25) is 0 Å². The summed E-state index contributed by atoms with van der Waals surface area (Å²) in [6.45, 7) is 0. The van der Waals surface area contributed by atoms with Gasteiger partial charge < -0.3 is 29.0 Å². The molecule has 7 rings (SSSR count). The van der Waals surface area contributed by atoms with Gasteiger partial charge >= 0.3 is 0 Å². The molecule has 0 bridgehead atoms. The van der Waals surface area contributed by atoms with Crippen LogP contribution >= 0.6 is 0 Å². The van der Waals surface area contributed by atoms with Gasteiger partial charge in [0.2, 0.25) is 5.95 Å². The number of nitrogens with one attached hydrogen (secondary N) is 1. The topological polar surface area (TPSA) is 134 Å². The molecule has 2 aliphatic carbocycles. The number of hydrogen-bond acceptors (Lipinski definition) is 9. The average Bonchev–Trinajstić information content (AvgIpc) is 3.63. The molecule has 0 spiro atoms. The average molecular weight is 515 g/mol. The Balaban J connectivity index is 1.28. The normalized spacial score (nSPS) is 19.0. The first-order valence-electron chi connectivity index (χ1n) is 12.6. The molecule has 2 atom stereocenters. The summed E-state index contributed by atoms with van der Waals surface area (Å²) in [5.74, 6) is 2.23. The number of anilines is 2. The molecule has 12 heteroatoms. The molecule has 0 saturated heterocycles. The third-order valence-corrected chi connectivity index (χ3v) is 7.45. The second kappa shape index (κ2) is 8.55. The minimum Gasteiger partial charge on any atom is -0.491 e. The van der Waals surface area contributed by atoms with Crippen LogP contribution in [0.1, 0.15) is 43.2 Å². The van der Waals surface area contributed by atoms with E-state index in [0.717, 1.165) is 24.8 Å². The van der Waals surface area contributed by atoms with Crippen molar-refractivity contribution in [3.05, 3.63) is 59.2 Å². The number of nitrogens with zero attached hydrogens (tertiary/aromatic N) is 7. The molecule has 0 amide bonds. The fraction of sp³-hybridized carbons (Fsp3) is 0.346. The number of hydrogen-bond donors (Lipinski definition) is 2. The van der Waals surface area contributed by atoms with Crippen molar-refractivity contribution in [2.75, 3.05) is 12.4 Å². The zero-order valence-corrected chi connectivity index (χ0v) is 20.9. The molecule has 2 aliphatic rings. The Morgan fingerprint density at radius 3 is 2.74 bits per heavy atom. The molecular formula is C26H26N8O4. The number of fused-ring (bicyclic) bond motifs is 2. The van der Waals surface area contributed by atoms with Crippen LogP contribution in [0.3, 0.4) is 0 Å². The van der Waals surface area contributed by atoms with Gasteiger partial charge in [0, 0.05) is 25.6 Å². The summed E-state index contributed by atoms with van der Waals surface area (Å²) in [5.41, 5.74) is 3.07. The van der Waals surface area contributed by atoms with Gasteiger partial charge in [-0.25, -0.2) is 9.50 Å². The second-order valence-corrected chi connectivity index (χ2v) is 9.85. The van der Waals surface area contributed by atoms with Gasteiger partial charge in [-0.15, -0.1) is 0 Å². The Labute approximate surface area is 216 Å². The van der Waals surface area contributed by atoms with Crippen molar-refractivity contribution in [1.29, 1.82) is 0 Å². The number of pyridine rings is 2. The van der Waals surface area contributed by atoms with Crippen LogP contribution in [0.5, 0.6) is 17.2 Å². The van der Waals surface area contributed by atoms with Crippen molar-refractivity contribution >= 4 is 28.3 Å². The lowest BCUT2D eigenvalue weighted by Gasteiger charge is -2.34.